The van der Waals surface area contributed by atoms with Crippen molar-refractivity contribution < 1.29 is 0 Å². The van der Waals surface area contributed by atoms with Crippen molar-refractivity contribution in [2.24, 2.45) is 4.99 Å². The molecule has 152 valence electrons. The molecule has 0 radical (unpaired) electrons. The summed E-state index contributed by atoms with van der Waals surface area (Å²) in [5.41, 5.74) is 1.17. The van der Waals surface area contributed by atoms with Crippen LogP contribution in [0, 0.1) is 0 Å². The Morgan fingerprint density at radius 3 is 2.46 bits per heavy atom. The van der Waals surface area contributed by atoms with Gasteiger partial charge in [0.05, 0.1) is 12.2 Å². The monoisotopic (exact) mass is 495 g/mol. The van der Waals surface area contributed by atoms with Crippen molar-refractivity contribution in [1.82, 2.24) is 20.5 Å². The van der Waals surface area contributed by atoms with E-state index in [1.165, 1.54) is 44.3 Å². The second kappa shape index (κ2) is 15.6. The smallest absolute Gasteiger partial charge is 0.191 e. The molecule has 0 aliphatic heterocycles. The number of nitrogens with zero attached hydrogens (tertiary/aromatic N) is 3. The van der Waals surface area contributed by atoms with Crippen LogP contribution in [-0.4, -0.2) is 49.6 Å². The van der Waals surface area contributed by atoms with Crippen LogP contribution < -0.4 is 10.6 Å². The molecule has 0 saturated heterocycles. The minimum atomic E-state index is 0. The molecule has 1 heterocycles. The molecule has 1 aromatic rings. The maximum atomic E-state index is 4.66. The summed E-state index contributed by atoms with van der Waals surface area (Å²) in [6, 6.07) is 0. The molecule has 5 nitrogen and oxygen atoms in total. The van der Waals surface area contributed by atoms with Crippen LogP contribution in [-0.2, 0) is 6.54 Å². The number of hydrogen-bond donors (Lipinski definition) is 2. The molecule has 0 unspecified atom stereocenters. The van der Waals surface area contributed by atoms with E-state index >= 15 is 0 Å². The zero-order chi connectivity index (χ0) is 18.5. The summed E-state index contributed by atoms with van der Waals surface area (Å²) < 4.78 is 0. The third-order valence-corrected chi connectivity index (χ3v) is 4.80. The second-order valence-corrected chi connectivity index (χ2v) is 7.96. The molecule has 0 aliphatic rings. The number of unbranched alkanes of at least 4 members (excludes halogenated alkanes) is 4. The van der Waals surface area contributed by atoms with Crippen LogP contribution in [0.2, 0.25) is 0 Å². The molecule has 26 heavy (non-hydrogen) atoms. The molecule has 0 saturated carbocycles. The average molecular weight is 496 g/mol. The molecule has 1 rings (SSSR count). The number of nitrogens with one attached hydrogen (secondary N) is 2. The van der Waals surface area contributed by atoms with E-state index in [4.69, 9.17) is 0 Å². The molecule has 0 amide bonds. The highest BCUT2D eigenvalue weighted by molar-refractivity contribution is 14.0. The highest BCUT2D eigenvalue weighted by Gasteiger charge is 2.05. The quantitative estimate of drug-likeness (QED) is 0.195. The Morgan fingerprint density at radius 2 is 1.85 bits per heavy atom. The van der Waals surface area contributed by atoms with Crippen molar-refractivity contribution in [3.05, 3.63) is 16.1 Å². The highest BCUT2D eigenvalue weighted by Crippen LogP contribution is 2.18. The van der Waals surface area contributed by atoms with Crippen LogP contribution in [0.3, 0.4) is 0 Å². The zero-order valence-electron chi connectivity index (χ0n) is 17.2. The first-order chi connectivity index (χ1) is 12.0. The summed E-state index contributed by atoms with van der Waals surface area (Å²) in [6.07, 6.45) is 6.43. The van der Waals surface area contributed by atoms with Gasteiger partial charge in [0, 0.05) is 18.5 Å². The van der Waals surface area contributed by atoms with Crippen molar-refractivity contribution in [2.45, 2.75) is 65.3 Å². The lowest BCUT2D eigenvalue weighted by Gasteiger charge is -2.11. The van der Waals surface area contributed by atoms with E-state index in [0.717, 1.165) is 24.1 Å². The van der Waals surface area contributed by atoms with Crippen molar-refractivity contribution >= 4 is 41.3 Å². The van der Waals surface area contributed by atoms with Crippen molar-refractivity contribution in [1.29, 1.82) is 0 Å². The molecule has 7 heteroatoms. The van der Waals surface area contributed by atoms with Gasteiger partial charge >= 0.3 is 0 Å². The van der Waals surface area contributed by atoms with Crippen LogP contribution in [0.25, 0.3) is 0 Å². The number of aromatic nitrogens is 1. The number of guanidine groups is 1. The summed E-state index contributed by atoms with van der Waals surface area (Å²) in [7, 11) is 4.28. The zero-order valence-corrected chi connectivity index (χ0v) is 20.3. The maximum Gasteiger partial charge on any atom is 0.191 e. The van der Waals surface area contributed by atoms with Crippen molar-refractivity contribution in [3.8, 4) is 0 Å². The number of halogens is 1. The third kappa shape index (κ3) is 12.1. The van der Waals surface area contributed by atoms with Crippen LogP contribution in [0.15, 0.2) is 10.4 Å². The van der Waals surface area contributed by atoms with Gasteiger partial charge in [0.1, 0.15) is 5.01 Å². The Labute approximate surface area is 181 Å². The van der Waals surface area contributed by atoms with Crippen molar-refractivity contribution in [3.63, 3.8) is 0 Å². The number of aliphatic imine (C=N–C) groups is 1. The first kappa shape index (κ1) is 25.6. The first-order valence-corrected chi connectivity index (χ1v) is 10.5. The van der Waals surface area contributed by atoms with Gasteiger partial charge in [-0.2, -0.15) is 0 Å². The van der Waals surface area contributed by atoms with Crippen LogP contribution in [0.4, 0.5) is 0 Å². The summed E-state index contributed by atoms with van der Waals surface area (Å²) in [5, 5.41) is 9.98. The SMILES string of the molecule is CCNC(=NCc1nc(C(C)C)cs1)NCCCCCCCN(C)C.I. The lowest BCUT2D eigenvalue weighted by atomic mass is 10.1. The molecular weight excluding hydrogens is 457 g/mol. The molecule has 1 aromatic heterocycles. The van der Waals surface area contributed by atoms with E-state index in [9.17, 15) is 0 Å². The lowest BCUT2D eigenvalue weighted by molar-refractivity contribution is 0.389. The predicted octanol–water partition coefficient (Wildman–Crippen LogP) is 4.45. The summed E-state index contributed by atoms with van der Waals surface area (Å²) in [6.45, 7) is 10.2. The van der Waals surface area contributed by atoms with Gasteiger partial charge in [-0.3, -0.25) is 0 Å². The first-order valence-electron chi connectivity index (χ1n) is 9.64. The minimum Gasteiger partial charge on any atom is -0.357 e. The van der Waals surface area contributed by atoms with Gasteiger partial charge < -0.3 is 15.5 Å². The van der Waals surface area contributed by atoms with E-state index in [1.54, 1.807) is 11.3 Å². The molecule has 0 aliphatic carbocycles. The third-order valence-electron chi connectivity index (χ3n) is 3.95. The second-order valence-electron chi connectivity index (χ2n) is 7.01. The van der Waals surface area contributed by atoms with Crippen LogP contribution in [0.5, 0.6) is 0 Å². The largest absolute Gasteiger partial charge is 0.357 e. The Kier molecular flexibility index (Phi) is 15.4. The van der Waals surface area contributed by atoms with E-state index < -0.39 is 0 Å². The molecular formula is C19H38IN5S. The van der Waals surface area contributed by atoms with E-state index in [0.29, 0.717) is 12.5 Å². The topological polar surface area (TPSA) is 52.6 Å². The molecule has 2 N–H and O–H groups in total. The standard InChI is InChI=1S/C19H37N5S.HI/c1-6-20-19(21-12-10-8-7-9-11-13-24(4)5)22-14-18-23-17(15-25-18)16(2)3;/h15-16H,6-14H2,1-5H3,(H2,20,21,22);1H. The summed E-state index contributed by atoms with van der Waals surface area (Å²) in [4.78, 5) is 11.6. The highest BCUT2D eigenvalue weighted by atomic mass is 127. The number of hydrogen-bond acceptors (Lipinski definition) is 4. The van der Waals surface area contributed by atoms with E-state index in [2.05, 4.69) is 65.8 Å². The maximum absolute atomic E-state index is 4.66. The van der Waals surface area contributed by atoms with Gasteiger partial charge in [-0.25, -0.2) is 9.98 Å². The lowest BCUT2D eigenvalue weighted by Crippen LogP contribution is -2.37. The fraction of sp³-hybridized carbons (Fsp3) is 0.789. The van der Waals surface area contributed by atoms with Crippen LogP contribution in [0.1, 0.15) is 69.5 Å². The molecule has 0 atom stereocenters. The summed E-state index contributed by atoms with van der Waals surface area (Å²) in [5.74, 6) is 1.38. The van der Waals surface area contributed by atoms with Gasteiger partial charge in [-0.1, -0.05) is 33.1 Å². The van der Waals surface area contributed by atoms with E-state index in [-0.39, 0.29) is 24.0 Å². The Hall–Kier alpha value is -0.410. The average Bonchev–Trinajstić information content (AvgIpc) is 3.04. The van der Waals surface area contributed by atoms with Gasteiger partial charge in [-0.15, -0.1) is 35.3 Å². The number of thiazole rings is 1. The molecule has 0 fully saturated rings. The Morgan fingerprint density at radius 1 is 1.15 bits per heavy atom. The normalized spacial score (nSPS) is 11.7. The number of rotatable bonds is 12. The van der Waals surface area contributed by atoms with Gasteiger partial charge in [0.2, 0.25) is 0 Å². The fourth-order valence-electron chi connectivity index (χ4n) is 2.44. The fourth-order valence-corrected chi connectivity index (χ4v) is 3.32. The molecule has 0 aromatic carbocycles. The van der Waals surface area contributed by atoms with Gasteiger partial charge in [0.25, 0.3) is 0 Å². The van der Waals surface area contributed by atoms with Crippen LogP contribution >= 0.6 is 35.3 Å². The summed E-state index contributed by atoms with van der Waals surface area (Å²) >= 11 is 1.70. The van der Waals surface area contributed by atoms with E-state index in [1.807, 2.05) is 0 Å². The predicted molar refractivity (Wildman–Crippen MR) is 126 cm³/mol. The molecule has 0 spiro atoms. The molecule has 0 bridgehead atoms. The van der Waals surface area contributed by atoms with Gasteiger partial charge in [-0.05, 0) is 46.3 Å². The van der Waals surface area contributed by atoms with Crippen molar-refractivity contribution in [2.75, 3.05) is 33.7 Å². The van der Waals surface area contributed by atoms with Gasteiger partial charge in [0.15, 0.2) is 5.96 Å². The Bertz CT molecular complexity index is 488. The Balaban J connectivity index is 0.00000625. The minimum absolute atomic E-state index is 0.